The third-order valence-corrected chi connectivity index (χ3v) is 1.99. The summed E-state index contributed by atoms with van der Waals surface area (Å²) in [6.07, 6.45) is 0.627. The molecule has 1 atom stereocenters. The van der Waals surface area contributed by atoms with Crippen molar-refractivity contribution in [3.63, 3.8) is 0 Å². The van der Waals surface area contributed by atoms with Crippen molar-refractivity contribution in [1.82, 2.24) is 0 Å². The first-order chi connectivity index (χ1) is 4.76. The van der Waals surface area contributed by atoms with E-state index in [2.05, 4.69) is 0 Å². The molecule has 10 heavy (non-hydrogen) atoms. The molecule has 0 aliphatic rings. The summed E-state index contributed by atoms with van der Waals surface area (Å²) in [6.45, 7) is 3.76. The van der Waals surface area contributed by atoms with Gasteiger partial charge in [-0.15, -0.1) is 0 Å². The number of rotatable bonds is 3. The Labute approximate surface area is 65.6 Å². The average molecular weight is 157 g/mol. The van der Waals surface area contributed by atoms with Crippen LogP contribution in [0.15, 0.2) is 0 Å². The fourth-order valence-corrected chi connectivity index (χ4v) is 1.26. The Balaban J connectivity index is 3.80. The molecule has 0 rings (SSSR count). The monoisotopic (exact) mass is 157 g/mol. The number of hydrogen-bond donors (Lipinski definition) is 0. The van der Waals surface area contributed by atoms with Gasteiger partial charge in [0.2, 0.25) is 5.12 Å². The summed E-state index contributed by atoms with van der Waals surface area (Å²) in [4.78, 5) is 10.9. The summed E-state index contributed by atoms with van der Waals surface area (Å²) >= 11 is 1.23. The van der Waals surface area contributed by atoms with Crippen molar-refractivity contribution < 1.29 is 4.79 Å². The van der Waals surface area contributed by atoms with Gasteiger partial charge in [-0.3, -0.25) is 4.79 Å². The van der Waals surface area contributed by atoms with Crippen LogP contribution in [-0.2, 0) is 4.79 Å². The lowest BCUT2D eigenvalue weighted by Crippen LogP contribution is -2.06. The van der Waals surface area contributed by atoms with Crippen molar-refractivity contribution in [2.75, 3.05) is 5.75 Å². The predicted octanol–water partition coefficient (Wildman–Crippen LogP) is 1.82. The number of nitrogens with zero attached hydrogens (tertiary/aromatic N) is 1. The van der Waals surface area contributed by atoms with Crippen molar-refractivity contribution in [2.24, 2.45) is 5.92 Å². The van der Waals surface area contributed by atoms with Gasteiger partial charge in [0.05, 0.1) is 6.07 Å². The van der Waals surface area contributed by atoms with E-state index in [0.717, 1.165) is 5.75 Å². The quantitative estimate of drug-likeness (QED) is 0.627. The van der Waals surface area contributed by atoms with Crippen LogP contribution in [0, 0.1) is 17.2 Å². The zero-order valence-corrected chi connectivity index (χ0v) is 7.07. The summed E-state index contributed by atoms with van der Waals surface area (Å²) in [7, 11) is 0. The van der Waals surface area contributed by atoms with Crippen LogP contribution in [-0.4, -0.2) is 10.9 Å². The third-order valence-electron chi connectivity index (χ3n) is 1.14. The van der Waals surface area contributed by atoms with Gasteiger partial charge in [-0.05, 0) is 12.2 Å². The van der Waals surface area contributed by atoms with E-state index in [4.69, 9.17) is 5.26 Å². The summed E-state index contributed by atoms with van der Waals surface area (Å²) in [5, 5.41) is 8.45. The fraction of sp³-hybridized carbons (Fsp3) is 0.714. The minimum atomic E-state index is -0.398. The molecule has 0 saturated carbocycles. The van der Waals surface area contributed by atoms with Crippen LogP contribution in [0.3, 0.4) is 0 Å². The number of nitriles is 1. The molecule has 0 radical (unpaired) electrons. The molecule has 0 aromatic heterocycles. The number of carbonyl (C=O) groups is 1. The van der Waals surface area contributed by atoms with Gasteiger partial charge >= 0.3 is 0 Å². The zero-order chi connectivity index (χ0) is 7.98. The van der Waals surface area contributed by atoms with E-state index in [0.29, 0.717) is 6.42 Å². The topological polar surface area (TPSA) is 40.9 Å². The Kier molecular flexibility index (Phi) is 5.05. The Bertz CT molecular complexity index is 150. The molecule has 56 valence electrons. The summed E-state index contributed by atoms with van der Waals surface area (Å²) in [5.41, 5.74) is 0. The standard InChI is InChI=1S/C7H11NOS/c1-3-6(5-8)7(9)10-4-2/h6H,3-4H2,1-2H3. The molecule has 1 unspecified atom stereocenters. The van der Waals surface area contributed by atoms with Crippen LogP contribution >= 0.6 is 11.8 Å². The molecular formula is C7H11NOS. The van der Waals surface area contributed by atoms with Crippen LogP contribution in [0.25, 0.3) is 0 Å². The molecule has 0 aliphatic heterocycles. The summed E-state index contributed by atoms with van der Waals surface area (Å²) in [6, 6.07) is 1.97. The van der Waals surface area contributed by atoms with E-state index in [-0.39, 0.29) is 5.12 Å². The Morgan fingerprint density at radius 1 is 1.70 bits per heavy atom. The van der Waals surface area contributed by atoms with Gasteiger partial charge in [-0.25, -0.2) is 0 Å². The van der Waals surface area contributed by atoms with E-state index < -0.39 is 5.92 Å². The Hall–Kier alpha value is -0.490. The predicted molar refractivity (Wildman–Crippen MR) is 42.5 cm³/mol. The zero-order valence-electron chi connectivity index (χ0n) is 6.26. The maximum Gasteiger partial charge on any atom is 0.206 e. The molecule has 0 aromatic rings. The molecule has 0 fully saturated rings. The van der Waals surface area contributed by atoms with Crippen molar-refractivity contribution in [3.8, 4) is 6.07 Å². The second-order valence-corrected chi connectivity index (χ2v) is 3.11. The highest BCUT2D eigenvalue weighted by molar-refractivity contribution is 8.13. The lowest BCUT2D eigenvalue weighted by atomic mass is 10.1. The highest BCUT2D eigenvalue weighted by atomic mass is 32.2. The number of thioether (sulfide) groups is 1. The van der Waals surface area contributed by atoms with E-state index in [1.54, 1.807) is 0 Å². The average Bonchev–Trinajstić information content (AvgIpc) is 1.91. The van der Waals surface area contributed by atoms with E-state index in [1.165, 1.54) is 11.8 Å². The first-order valence-corrected chi connectivity index (χ1v) is 4.31. The van der Waals surface area contributed by atoms with Crippen LogP contribution in [0.4, 0.5) is 0 Å². The lowest BCUT2D eigenvalue weighted by Gasteiger charge is -2.00. The smallest absolute Gasteiger partial charge is 0.206 e. The highest BCUT2D eigenvalue weighted by Gasteiger charge is 2.14. The van der Waals surface area contributed by atoms with Gasteiger partial charge in [0, 0.05) is 0 Å². The summed E-state index contributed by atoms with van der Waals surface area (Å²) < 4.78 is 0. The largest absolute Gasteiger partial charge is 0.286 e. The molecule has 0 aliphatic carbocycles. The van der Waals surface area contributed by atoms with Crippen molar-refractivity contribution >= 4 is 16.9 Å². The molecule has 0 heterocycles. The van der Waals surface area contributed by atoms with Crippen LogP contribution in [0.5, 0.6) is 0 Å². The highest BCUT2D eigenvalue weighted by Crippen LogP contribution is 2.12. The normalized spacial score (nSPS) is 12.1. The lowest BCUT2D eigenvalue weighted by molar-refractivity contribution is -0.113. The number of carbonyl (C=O) groups excluding carboxylic acids is 1. The van der Waals surface area contributed by atoms with Gasteiger partial charge in [-0.1, -0.05) is 25.6 Å². The molecule has 0 bridgehead atoms. The SMILES string of the molecule is CCSC(=O)C(C#N)CC. The van der Waals surface area contributed by atoms with E-state index in [9.17, 15) is 4.79 Å². The molecule has 2 nitrogen and oxygen atoms in total. The third kappa shape index (κ3) is 2.88. The number of hydrogen-bond acceptors (Lipinski definition) is 3. The Morgan fingerprint density at radius 2 is 2.30 bits per heavy atom. The van der Waals surface area contributed by atoms with Gasteiger partial charge in [0.1, 0.15) is 5.92 Å². The van der Waals surface area contributed by atoms with Gasteiger partial charge in [0.15, 0.2) is 0 Å². The van der Waals surface area contributed by atoms with Crippen LogP contribution < -0.4 is 0 Å². The van der Waals surface area contributed by atoms with Crippen molar-refractivity contribution in [3.05, 3.63) is 0 Å². The first-order valence-electron chi connectivity index (χ1n) is 3.32. The molecule has 0 N–H and O–H groups in total. The Morgan fingerprint density at radius 3 is 2.60 bits per heavy atom. The van der Waals surface area contributed by atoms with Gasteiger partial charge in [0.25, 0.3) is 0 Å². The molecule has 0 aromatic carbocycles. The second-order valence-electron chi connectivity index (χ2n) is 1.84. The van der Waals surface area contributed by atoms with E-state index >= 15 is 0 Å². The summed E-state index contributed by atoms with van der Waals surface area (Å²) in [5.74, 6) is 0.363. The molecular weight excluding hydrogens is 146 g/mol. The van der Waals surface area contributed by atoms with Gasteiger partial charge in [-0.2, -0.15) is 5.26 Å². The molecule has 0 amide bonds. The fourth-order valence-electron chi connectivity index (χ4n) is 0.554. The van der Waals surface area contributed by atoms with Gasteiger partial charge < -0.3 is 0 Å². The van der Waals surface area contributed by atoms with Crippen LogP contribution in [0.1, 0.15) is 20.3 Å². The van der Waals surface area contributed by atoms with E-state index in [1.807, 2.05) is 19.9 Å². The van der Waals surface area contributed by atoms with Crippen molar-refractivity contribution in [1.29, 1.82) is 5.26 Å². The first kappa shape index (κ1) is 9.51. The minimum absolute atomic E-state index is 0.00694. The maximum atomic E-state index is 10.9. The molecule has 0 spiro atoms. The second kappa shape index (κ2) is 5.31. The maximum absolute atomic E-state index is 10.9. The minimum Gasteiger partial charge on any atom is -0.286 e. The molecule has 3 heteroatoms. The van der Waals surface area contributed by atoms with Crippen LogP contribution in [0.2, 0.25) is 0 Å². The van der Waals surface area contributed by atoms with Crippen molar-refractivity contribution in [2.45, 2.75) is 20.3 Å². The molecule has 0 saturated heterocycles.